The van der Waals surface area contributed by atoms with E-state index in [1.54, 1.807) is 32.9 Å². The maximum atomic E-state index is 11.3. The van der Waals surface area contributed by atoms with Crippen molar-refractivity contribution in [3.63, 3.8) is 0 Å². The molecule has 2 N–H and O–H groups in total. The number of nitrogens with zero attached hydrogens (tertiary/aromatic N) is 1. The van der Waals surface area contributed by atoms with Crippen LogP contribution in [0.3, 0.4) is 0 Å². The number of hydrogen-bond acceptors (Lipinski definition) is 5. The second kappa shape index (κ2) is 7.04. The molecule has 0 fully saturated rings. The minimum Gasteiger partial charge on any atom is -0.466 e. The molecule has 0 saturated heterocycles. The molecule has 0 aromatic heterocycles. The molecule has 0 aliphatic carbocycles. The van der Waals surface area contributed by atoms with Gasteiger partial charge in [-0.1, -0.05) is 0 Å². The predicted octanol–water partition coefficient (Wildman–Crippen LogP) is 1.52. The summed E-state index contributed by atoms with van der Waals surface area (Å²) >= 11 is 0. The monoisotopic (exact) mass is 277 g/mol. The smallest absolute Gasteiger partial charge is 0.308 e. The van der Waals surface area contributed by atoms with Crippen molar-refractivity contribution in [2.45, 2.75) is 39.4 Å². The number of rotatable bonds is 5. The van der Waals surface area contributed by atoms with Crippen molar-refractivity contribution in [2.24, 2.45) is 0 Å². The van der Waals surface area contributed by atoms with Gasteiger partial charge in [0.25, 0.3) is 0 Å². The molecule has 0 radical (unpaired) electrons. The summed E-state index contributed by atoms with van der Waals surface area (Å²) in [4.78, 5) is 11.3. The van der Waals surface area contributed by atoms with Crippen molar-refractivity contribution < 1.29 is 19.7 Å². The molecule has 20 heavy (non-hydrogen) atoms. The zero-order valence-corrected chi connectivity index (χ0v) is 11.9. The van der Waals surface area contributed by atoms with Gasteiger partial charge in [-0.3, -0.25) is 4.79 Å². The first-order valence-electron chi connectivity index (χ1n) is 6.43. The van der Waals surface area contributed by atoms with Crippen molar-refractivity contribution in [1.82, 2.24) is 0 Å². The highest BCUT2D eigenvalue weighted by Gasteiger charge is 2.25. The number of hydrogen-bond donors (Lipinski definition) is 2. The third-order valence-electron chi connectivity index (χ3n) is 3.06. The van der Waals surface area contributed by atoms with Crippen molar-refractivity contribution in [3.05, 3.63) is 34.4 Å². The van der Waals surface area contributed by atoms with E-state index in [9.17, 15) is 15.0 Å². The van der Waals surface area contributed by atoms with Crippen LogP contribution in [0.25, 0.3) is 0 Å². The first-order valence-corrected chi connectivity index (χ1v) is 6.43. The Morgan fingerprint density at radius 2 is 1.90 bits per heavy atom. The fourth-order valence-electron chi connectivity index (χ4n) is 2.20. The predicted molar refractivity (Wildman–Crippen MR) is 72.8 cm³/mol. The van der Waals surface area contributed by atoms with E-state index < -0.39 is 18.2 Å². The molecule has 2 unspecified atom stereocenters. The van der Waals surface area contributed by atoms with Gasteiger partial charge in [0.1, 0.15) is 6.10 Å². The first-order chi connectivity index (χ1) is 9.40. The highest BCUT2D eigenvalue weighted by Crippen LogP contribution is 2.27. The van der Waals surface area contributed by atoms with Gasteiger partial charge in [0.05, 0.1) is 30.8 Å². The largest absolute Gasteiger partial charge is 0.466 e. The van der Waals surface area contributed by atoms with Gasteiger partial charge < -0.3 is 14.9 Å². The number of carbonyl (C=O) groups is 1. The summed E-state index contributed by atoms with van der Waals surface area (Å²) in [6, 6.07) is 5.32. The third-order valence-corrected chi connectivity index (χ3v) is 3.06. The number of aliphatic hydroxyl groups excluding tert-OH is 2. The minimum absolute atomic E-state index is 0.233. The lowest BCUT2D eigenvalue weighted by molar-refractivity contribution is -0.147. The number of esters is 1. The van der Waals surface area contributed by atoms with Gasteiger partial charge >= 0.3 is 5.97 Å². The average Bonchev–Trinajstić information content (AvgIpc) is 2.37. The van der Waals surface area contributed by atoms with E-state index >= 15 is 0 Å². The molecule has 5 heteroatoms. The summed E-state index contributed by atoms with van der Waals surface area (Å²) in [5.74, 6) is -0.553. The molecule has 0 spiro atoms. The second-order valence-electron chi connectivity index (χ2n) is 4.66. The fourth-order valence-corrected chi connectivity index (χ4v) is 2.20. The maximum absolute atomic E-state index is 11.3. The molecule has 5 nitrogen and oxygen atoms in total. The molecule has 0 amide bonds. The quantitative estimate of drug-likeness (QED) is 0.796. The van der Waals surface area contributed by atoms with Crippen LogP contribution >= 0.6 is 0 Å². The highest BCUT2D eigenvalue weighted by atomic mass is 16.5. The Kier molecular flexibility index (Phi) is 5.68. The van der Waals surface area contributed by atoms with Gasteiger partial charge in [0, 0.05) is 0 Å². The van der Waals surface area contributed by atoms with E-state index in [2.05, 4.69) is 0 Å². The van der Waals surface area contributed by atoms with Crippen LogP contribution in [0, 0.1) is 25.2 Å². The number of nitriles is 1. The van der Waals surface area contributed by atoms with Crippen molar-refractivity contribution >= 4 is 5.97 Å². The third kappa shape index (κ3) is 3.80. The summed E-state index contributed by atoms with van der Waals surface area (Å²) in [6.07, 6.45) is -2.69. The van der Waals surface area contributed by atoms with E-state index in [1.807, 2.05) is 6.07 Å². The summed E-state index contributed by atoms with van der Waals surface area (Å²) in [5, 5.41) is 29.0. The van der Waals surface area contributed by atoms with E-state index in [4.69, 9.17) is 10.00 Å². The zero-order chi connectivity index (χ0) is 15.3. The molecular weight excluding hydrogens is 258 g/mol. The Labute approximate surface area is 118 Å². The standard InChI is InChI=1S/C15H19NO4/c1-4-20-13(18)7-12(17)15(19)14-9(2)5-11(8-16)6-10(14)3/h5-6,12,15,17,19H,4,7H2,1-3H3. The molecule has 1 aromatic carbocycles. The van der Waals surface area contributed by atoms with Gasteiger partial charge in [-0.2, -0.15) is 5.26 Å². The lowest BCUT2D eigenvalue weighted by Gasteiger charge is -2.21. The molecule has 0 aliphatic heterocycles. The van der Waals surface area contributed by atoms with Crippen LogP contribution in [0.2, 0.25) is 0 Å². The van der Waals surface area contributed by atoms with Crippen LogP contribution < -0.4 is 0 Å². The van der Waals surface area contributed by atoms with Crippen molar-refractivity contribution in [3.8, 4) is 6.07 Å². The molecule has 2 atom stereocenters. The highest BCUT2D eigenvalue weighted by molar-refractivity contribution is 5.70. The van der Waals surface area contributed by atoms with Crippen LogP contribution in [0.4, 0.5) is 0 Å². The normalized spacial score (nSPS) is 13.4. The average molecular weight is 277 g/mol. The van der Waals surface area contributed by atoms with Crippen LogP contribution in [0.5, 0.6) is 0 Å². The number of aryl methyl sites for hydroxylation is 2. The number of carbonyl (C=O) groups excluding carboxylic acids is 1. The van der Waals surface area contributed by atoms with Crippen LogP contribution in [-0.4, -0.2) is 28.9 Å². The molecule has 0 bridgehead atoms. The molecule has 108 valence electrons. The Morgan fingerprint density at radius 3 is 2.35 bits per heavy atom. The zero-order valence-electron chi connectivity index (χ0n) is 11.9. The molecule has 0 aliphatic rings. The number of benzene rings is 1. The van der Waals surface area contributed by atoms with E-state index in [-0.39, 0.29) is 13.0 Å². The Morgan fingerprint density at radius 1 is 1.35 bits per heavy atom. The number of ether oxygens (including phenoxy) is 1. The SMILES string of the molecule is CCOC(=O)CC(O)C(O)c1c(C)cc(C#N)cc1C. The Bertz CT molecular complexity index is 510. The van der Waals surface area contributed by atoms with Crippen molar-refractivity contribution in [1.29, 1.82) is 5.26 Å². The van der Waals surface area contributed by atoms with Gasteiger partial charge in [-0.05, 0) is 49.6 Å². The second-order valence-corrected chi connectivity index (χ2v) is 4.66. The molecule has 0 heterocycles. The van der Waals surface area contributed by atoms with Gasteiger partial charge in [0.15, 0.2) is 0 Å². The van der Waals surface area contributed by atoms with Gasteiger partial charge in [-0.25, -0.2) is 0 Å². The molecule has 0 saturated carbocycles. The summed E-state index contributed by atoms with van der Waals surface area (Å²) in [5.41, 5.74) is 2.45. The fraction of sp³-hybridized carbons (Fsp3) is 0.467. The van der Waals surface area contributed by atoms with E-state index in [0.717, 1.165) is 0 Å². The lowest BCUT2D eigenvalue weighted by Crippen LogP contribution is -2.24. The van der Waals surface area contributed by atoms with E-state index in [1.165, 1.54) is 0 Å². The van der Waals surface area contributed by atoms with Gasteiger partial charge in [-0.15, -0.1) is 0 Å². The molecule has 1 rings (SSSR count). The summed E-state index contributed by atoms with van der Waals surface area (Å²) < 4.78 is 4.74. The first kappa shape index (κ1) is 16.2. The minimum atomic E-state index is -1.24. The van der Waals surface area contributed by atoms with Crippen LogP contribution in [0.15, 0.2) is 12.1 Å². The summed E-state index contributed by atoms with van der Waals surface area (Å²) in [6.45, 7) is 5.42. The number of aliphatic hydroxyl groups is 2. The Hall–Kier alpha value is -1.90. The lowest BCUT2D eigenvalue weighted by atomic mass is 9.92. The molecular formula is C15H19NO4. The van der Waals surface area contributed by atoms with Crippen molar-refractivity contribution in [2.75, 3.05) is 6.61 Å². The Balaban J connectivity index is 2.95. The summed E-state index contributed by atoms with van der Waals surface area (Å²) in [7, 11) is 0. The van der Waals surface area contributed by atoms with E-state index in [0.29, 0.717) is 22.3 Å². The van der Waals surface area contributed by atoms with Gasteiger partial charge in [0.2, 0.25) is 0 Å². The topological polar surface area (TPSA) is 90.6 Å². The molecule has 1 aromatic rings. The maximum Gasteiger partial charge on any atom is 0.308 e. The van der Waals surface area contributed by atoms with Crippen LogP contribution in [0.1, 0.15) is 41.7 Å². The van der Waals surface area contributed by atoms with Crippen LogP contribution in [-0.2, 0) is 9.53 Å².